The number of hydrogen-bond donors (Lipinski definition) is 0. The van der Waals surface area contributed by atoms with Gasteiger partial charge in [-0.15, -0.1) is 0 Å². The average molecular weight is 601 g/mol. The molecule has 1 heterocycles. The molecule has 0 spiro atoms. The second kappa shape index (κ2) is 32.8. The van der Waals surface area contributed by atoms with Gasteiger partial charge in [0, 0.05) is 13.1 Å². The van der Waals surface area contributed by atoms with E-state index in [9.17, 15) is 0 Å². The average Bonchev–Trinajstić information content (AvgIpc) is 3.39. The fraction of sp³-hybridized carbons (Fsp3) is 0.902. The Labute approximate surface area is 272 Å². The van der Waals surface area contributed by atoms with Crippen LogP contribution in [0, 0.1) is 0 Å². The van der Waals surface area contributed by atoms with Crippen molar-refractivity contribution in [1.29, 1.82) is 0 Å². The Bertz CT molecular complexity index is 597. The first-order chi connectivity index (χ1) is 21.3. The van der Waals surface area contributed by atoms with Crippen molar-refractivity contribution in [3.63, 3.8) is 0 Å². The Morgan fingerprint density at radius 3 is 1.14 bits per heavy atom. The first-order valence-electron chi connectivity index (χ1n) is 20.1. The van der Waals surface area contributed by atoms with Gasteiger partial charge < -0.3 is 0 Å². The number of rotatable bonds is 33. The van der Waals surface area contributed by atoms with Crippen molar-refractivity contribution < 1.29 is 0 Å². The van der Waals surface area contributed by atoms with Gasteiger partial charge in [0.25, 0.3) is 0 Å². The van der Waals surface area contributed by atoms with Crippen LogP contribution in [0.3, 0.4) is 0 Å². The van der Waals surface area contributed by atoms with Crippen molar-refractivity contribution in [3.05, 3.63) is 24.3 Å². The Hall–Kier alpha value is -0.600. The van der Waals surface area contributed by atoms with Gasteiger partial charge in [-0.1, -0.05) is 161 Å². The minimum Gasteiger partial charge on any atom is -0.287 e. The third-order valence-corrected chi connectivity index (χ3v) is 9.71. The Morgan fingerprint density at radius 2 is 0.721 bits per heavy atom. The lowest BCUT2D eigenvalue weighted by Crippen LogP contribution is -2.39. The highest BCUT2D eigenvalue weighted by molar-refractivity contribution is 4.83. The van der Waals surface area contributed by atoms with Crippen LogP contribution < -0.4 is 0 Å². The molecule has 0 aromatic heterocycles. The molecule has 0 amide bonds. The molecule has 0 N–H and O–H groups in total. The van der Waals surface area contributed by atoms with E-state index in [1.54, 1.807) is 0 Å². The van der Waals surface area contributed by atoms with E-state index in [1.165, 1.54) is 212 Å². The first-order valence-corrected chi connectivity index (χ1v) is 20.1. The summed E-state index contributed by atoms with van der Waals surface area (Å²) in [5, 5.41) is 0. The van der Waals surface area contributed by atoms with E-state index in [-0.39, 0.29) is 0 Å². The van der Waals surface area contributed by atoms with Crippen molar-refractivity contribution in [2.75, 3.05) is 26.2 Å². The summed E-state index contributed by atoms with van der Waals surface area (Å²) in [7, 11) is 0. The van der Waals surface area contributed by atoms with Crippen molar-refractivity contribution in [2.24, 2.45) is 0 Å². The van der Waals surface area contributed by atoms with Crippen LogP contribution in [0.15, 0.2) is 24.3 Å². The largest absolute Gasteiger partial charge is 0.287 e. The molecule has 0 bridgehead atoms. The fourth-order valence-corrected chi connectivity index (χ4v) is 6.92. The van der Waals surface area contributed by atoms with Gasteiger partial charge in [-0.2, -0.15) is 0 Å². The SMILES string of the molecule is CCCCCCCC/C=C\CCCCCCCCN1CCN(CCC)C1CCCCCCC/C=C\CCCCCCCC. The molecule has 1 aliphatic rings. The van der Waals surface area contributed by atoms with Gasteiger partial charge in [0.05, 0.1) is 6.17 Å². The van der Waals surface area contributed by atoms with E-state index in [2.05, 4.69) is 54.9 Å². The highest BCUT2D eigenvalue weighted by Gasteiger charge is 2.30. The summed E-state index contributed by atoms with van der Waals surface area (Å²) in [5.41, 5.74) is 0. The molecule has 43 heavy (non-hydrogen) atoms. The Balaban J connectivity index is 2.01. The fourth-order valence-electron chi connectivity index (χ4n) is 6.92. The summed E-state index contributed by atoms with van der Waals surface area (Å²) in [4.78, 5) is 5.65. The topological polar surface area (TPSA) is 6.48 Å². The van der Waals surface area contributed by atoms with Crippen LogP contribution in [0.4, 0.5) is 0 Å². The van der Waals surface area contributed by atoms with E-state index in [0.717, 1.165) is 6.17 Å². The van der Waals surface area contributed by atoms with Gasteiger partial charge in [0.2, 0.25) is 0 Å². The van der Waals surface area contributed by atoms with Crippen LogP contribution in [0.25, 0.3) is 0 Å². The molecular formula is C41H80N2. The summed E-state index contributed by atoms with van der Waals surface area (Å²) in [5.74, 6) is 0. The van der Waals surface area contributed by atoms with E-state index >= 15 is 0 Å². The van der Waals surface area contributed by atoms with Crippen LogP contribution in [-0.4, -0.2) is 42.1 Å². The zero-order valence-corrected chi connectivity index (χ0v) is 30.1. The van der Waals surface area contributed by atoms with Crippen molar-refractivity contribution in [2.45, 2.75) is 213 Å². The lowest BCUT2D eigenvalue weighted by atomic mass is 10.1. The molecule has 1 rings (SSSR count). The minimum absolute atomic E-state index is 0.730. The number of nitrogens with zero attached hydrogens (tertiary/aromatic N) is 2. The number of unbranched alkanes of at least 4 members (excludes halogenated alkanes) is 23. The predicted octanol–water partition coefficient (Wildman–Crippen LogP) is 13.4. The monoisotopic (exact) mass is 601 g/mol. The first kappa shape index (κ1) is 40.4. The van der Waals surface area contributed by atoms with Gasteiger partial charge in [-0.05, 0) is 83.7 Å². The van der Waals surface area contributed by atoms with Crippen molar-refractivity contribution in [1.82, 2.24) is 9.80 Å². The molecule has 2 heteroatoms. The van der Waals surface area contributed by atoms with Crippen LogP contribution in [0.5, 0.6) is 0 Å². The predicted molar refractivity (Wildman–Crippen MR) is 196 cm³/mol. The third-order valence-electron chi connectivity index (χ3n) is 9.71. The summed E-state index contributed by atoms with van der Waals surface area (Å²) in [6, 6.07) is 0. The Morgan fingerprint density at radius 1 is 0.372 bits per heavy atom. The molecule has 1 atom stereocenters. The number of hydrogen-bond acceptors (Lipinski definition) is 2. The van der Waals surface area contributed by atoms with Crippen LogP contribution in [0.1, 0.15) is 207 Å². The molecule has 1 aliphatic heterocycles. The molecule has 2 nitrogen and oxygen atoms in total. The van der Waals surface area contributed by atoms with E-state index in [0.29, 0.717) is 0 Å². The molecule has 1 unspecified atom stereocenters. The zero-order chi connectivity index (χ0) is 30.9. The second-order valence-corrected chi connectivity index (χ2v) is 13.9. The normalized spacial score (nSPS) is 16.5. The van der Waals surface area contributed by atoms with E-state index < -0.39 is 0 Å². The second-order valence-electron chi connectivity index (χ2n) is 13.9. The van der Waals surface area contributed by atoms with Gasteiger partial charge in [-0.3, -0.25) is 9.80 Å². The summed E-state index contributed by atoms with van der Waals surface area (Å²) in [6.45, 7) is 12.2. The zero-order valence-electron chi connectivity index (χ0n) is 30.1. The van der Waals surface area contributed by atoms with Gasteiger partial charge in [0.15, 0.2) is 0 Å². The molecule has 0 saturated carbocycles. The van der Waals surface area contributed by atoms with Gasteiger partial charge >= 0.3 is 0 Å². The quantitative estimate of drug-likeness (QED) is 0.0546. The smallest absolute Gasteiger partial charge is 0.0623 e. The minimum atomic E-state index is 0.730. The summed E-state index contributed by atoms with van der Waals surface area (Å²) < 4.78 is 0. The summed E-state index contributed by atoms with van der Waals surface area (Å²) >= 11 is 0. The molecule has 1 saturated heterocycles. The summed E-state index contributed by atoms with van der Waals surface area (Å²) in [6.07, 6.45) is 51.0. The maximum absolute atomic E-state index is 2.85. The maximum atomic E-state index is 2.85. The Kier molecular flexibility index (Phi) is 30.8. The third kappa shape index (κ3) is 25.3. The van der Waals surface area contributed by atoms with Crippen LogP contribution in [-0.2, 0) is 0 Å². The van der Waals surface area contributed by atoms with Gasteiger partial charge in [0.1, 0.15) is 0 Å². The number of allylic oxidation sites excluding steroid dienone is 4. The highest BCUT2D eigenvalue weighted by Crippen LogP contribution is 2.22. The lowest BCUT2D eigenvalue weighted by Gasteiger charge is -2.30. The van der Waals surface area contributed by atoms with E-state index in [4.69, 9.17) is 0 Å². The molecular weight excluding hydrogens is 520 g/mol. The lowest BCUT2D eigenvalue weighted by molar-refractivity contribution is 0.122. The molecule has 254 valence electrons. The van der Waals surface area contributed by atoms with Crippen molar-refractivity contribution in [3.8, 4) is 0 Å². The molecule has 0 aromatic carbocycles. The van der Waals surface area contributed by atoms with Gasteiger partial charge in [-0.25, -0.2) is 0 Å². The van der Waals surface area contributed by atoms with Crippen LogP contribution in [0.2, 0.25) is 0 Å². The maximum Gasteiger partial charge on any atom is 0.0623 e. The van der Waals surface area contributed by atoms with E-state index in [1.807, 2.05) is 0 Å². The molecule has 1 fully saturated rings. The molecule has 0 radical (unpaired) electrons. The van der Waals surface area contributed by atoms with Crippen molar-refractivity contribution >= 4 is 0 Å². The highest BCUT2D eigenvalue weighted by atomic mass is 15.4. The van der Waals surface area contributed by atoms with Crippen LogP contribution >= 0.6 is 0 Å². The standard InChI is InChI=1S/C41H80N2/c1-4-7-9-11-13-15-17-19-21-23-25-27-29-31-33-35-38-43-40-39-42(37-6-3)41(43)36-34-32-30-28-26-24-22-20-18-16-14-12-10-8-5-2/h19-22,41H,4-18,23-40H2,1-3H3/b21-19-,22-20-. The molecule has 0 aliphatic carbocycles. The molecule has 0 aromatic rings.